The lowest BCUT2D eigenvalue weighted by Gasteiger charge is -2.01. The Morgan fingerprint density at radius 2 is 1.90 bits per heavy atom. The molecule has 0 saturated heterocycles. The number of rotatable bonds is 0. The van der Waals surface area contributed by atoms with Gasteiger partial charge in [-0.2, -0.15) is 0 Å². The van der Waals surface area contributed by atoms with Gasteiger partial charge in [0.1, 0.15) is 5.82 Å². The molecule has 0 bridgehead atoms. The summed E-state index contributed by atoms with van der Waals surface area (Å²) in [6.45, 7) is 3.71. The van der Waals surface area contributed by atoms with E-state index in [-0.39, 0.29) is 10.8 Å². The maximum absolute atomic E-state index is 12.6. The maximum atomic E-state index is 12.6. The standard InChI is InChI=1S/C8H8ClF/c1-5-3-4-7(10)8(9)6(5)2/h3-4H,1-2H3. The van der Waals surface area contributed by atoms with Crippen LogP contribution in [0.25, 0.3) is 0 Å². The van der Waals surface area contributed by atoms with E-state index in [0.29, 0.717) is 0 Å². The predicted octanol–water partition coefficient (Wildman–Crippen LogP) is 3.10. The highest BCUT2D eigenvalue weighted by atomic mass is 35.5. The van der Waals surface area contributed by atoms with Crippen molar-refractivity contribution in [3.63, 3.8) is 0 Å². The zero-order valence-electron chi connectivity index (χ0n) is 5.91. The second-order valence-electron chi connectivity index (χ2n) is 2.30. The van der Waals surface area contributed by atoms with E-state index in [1.807, 2.05) is 6.92 Å². The third-order valence-electron chi connectivity index (χ3n) is 1.61. The van der Waals surface area contributed by atoms with Crippen molar-refractivity contribution >= 4 is 11.6 Å². The third kappa shape index (κ3) is 1.14. The molecule has 0 spiro atoms. The molecular weight excluding hydrogens is 151 g/mol. The van der Waals surface area contributed by atoms with Crippen LogP contribution < -0.4 is 0 Å². The second kappa shape index (κ2) is 2.59. The zero-order chi connectivity index (χ0) is 7.72. The lowest BCUT2D eigenvalue weighted by Crippen LogP contribution is -1.85. The van der Waals surface area contributed by atoms with Gasteiger partial charge in [0.15, 0.2) is 0 Å². The number of aryl methyl sites for hydroxylation is 1. The fourth-order valence-corrected chi connectivity index (χ4v) is 0.961. The Kier molecular flexibility index (Phi) is 1.95. The van der Waals surface area contributed by atoms with Crippen LogP contribution in [0.15, 0.2) is 12.1 Å². The highest BCUT2D eigenvalue weighted by Crippen LogP contribution is 2.21. The number of hydrogen-bond acceptors (Lipinski definition) is 0. The number of halogens is 2. The van der Waals surface area contributed by atoms with Gasteiger partial charge in [-0.15, -0.1) is 0 Å². The minimum absolute atomic E-state index is 0.236. The van der Waals surface area contributed by atoms with Gasteiger partial charge in [-0.3, -0.25) is 0 Å². The van der Waals surface area contributed by atoms with Gasteiger partial charge in [-0.05, 0) is 31.0 Å². The molecule has 0 aromatic heterocycles. The van der Waals surface area contributed by atoms with Crippen molar-refractivity contribution in [2.75, 3.05) is 0 Å². The van der Waals surface area contributed by atoms with Gasteiger partial charge in [0.25, 0.3) is 0 Å². The monoisotopic (exact) mass is 158 g/mol. The molecule has 2 heteroatoms. The number of hydrogen-bond donors (Lipinski definition) is 0. The Morgan fingerprint density at radius 1 is 1.30 bits per heavy atom. The SMILES string of the molecule is Cc1ccc(F)c(Cl)c1C. The predicted molar refractivity (Wildman–Crippen MR) is 40.9 cm³/mol. The Balaban J connectivity index is 3.34. The van der Waals surface area contributed by atoms with E-state index in [9.17, 15) is 4.39 Å². The second-order valence-corrected chi connectivity index (χ2v) is 2.68. The first kappa shape index (κ1) is 7.55. The topological polar surface area (TPSA) is 0 Å². The summed E-state index contributed by atoms with van der Waals surface area (Å²) in [4.78, 5) is 0. The molecule has 54 valence electrons. The van der Waals surface area contributed by atoms with Gasteiger partial charge >= 0.3 is 0 Å². The molecule has 0 fully saturated rings. The maximum Gasteiger partial charge on any atom is 0.142 e. The van der Waals surface area contributed by atoms with Crippen LogP contribution in [0.1, 0.15) is 11.1 Å². The first-order valence-electron chi connectivity index (χ1n) is 3.04. The number of benzene rings is 1. The molecule has 0 aliphatic carbocycles. The summed E-state index contributed by atoms with van der Waals surface area (Å²) in [7, 11) is 0. The molecule has 1 aromatic carbocycles. The lowest BCUT2D eigenvalue weighted by molar-refractivity contribution is 0.626. The van der Waals surface area contributed by atoms with Crippen LogP contribution in [0.2, 0.25) is 5.02 Å². The highest BCUT2D eigenvalue weighted by Gasteiger charge is 2.03. The first-order chi connectivity index (χ1) is 4.63. The van der Waals surface area contributed by atoms with E-state index in [2.05, 4.69) is 0 Å². The fraction of sp³-hybridized carbons (Fsp3) is 0.250. The Hall–Kier alpha value is -0.560. The molecule has 0 unspecified atom stereocenters. The summed E-state index contributed by atoms with van der Waals surface area (Å²) in [5.41, 5.74) is 1.84. The van der Waals surface area contributed by atoms with Crippen LogP contribution in [0.4, 0.5) is 4.39 Å². The molecule has 0 heterocycles. The third-order valence-corrected chi connectivity index (χ3v) is 2.07. The largest absolute Gasteiger partial charge is 0.205 e. The van der Waals surface area contributed by atoms with Gasteiger partial charge in [-0.25, -0.2) is 4.39 Å². The van der Waals surface area contributed by atoms with Crippen molar-refractivity contribution in [1.29, 1.82) is 0 Å². The van der Waals surface area contributed by atoms with Crippen molar-refractivity contribution in [2.24, 2.45) is 0 Å². The normalized spacial score (nSPS) is 10.0. The lowest BCUT2D eigenvalue weighted by atomic mass is 10.1. The molecule has 1 aromatic rings. The van der Waals surface area contributed by atoms with E-state index in [4.69, 9.17) is 11.6 Å². The summed E-state index contributed by atoms with van der Waals surface area (Å²) in [6, 6.07) is 3.10. The highest BCUT2D eigenvalue weighted by molar-refractivity contribution is 6.31. The van der Waals surface area contributed by atoms with Crippen LogP contribution in [0.3, 0.4) is 0 Å². The molecule has 0 aliphatic heterocycles. The van der Waals surface area contributed by atoms with Crippen molar-refractivity contribution < 1.29 is 4.39 Å². The minimum Gasteiger partial charge on any atom is -0.205 e. The molecule has 0 atom stereocenters. The van der Waals surface area contributed by atoms with E-state index in [0.717, 1.165) is 11.1 Å². The molecule has 0 radical (unpaired) electrons. The van der Waals surface area contributed by atoms with Gasteiger partial charge < -0.3 is 0 Å². The minimum atomic E-state index is -0.343. The Bertz CT molecular complexity index is 229. The van der Waals surface area contributed by atoms with Gasteiger partial charge in [-0.1, -0.05) is 17.7 Å². The molecule has 0 nitrogen and oxygen atoms in total. The smallest absolute Gasteiger partial charge is 0.142 e. The molecule has 0 saturated carbocycles. The average molecular weight is 159 g/mol. The summed E-state index contributed by atoms with van der Waals surface area (Å²) < 4.78 is 12.6. The molecular formula is C8H8ClF. The van der Waals surface area contributed by atoms with E-state index in [1.165, 1.54) is 6.07 Å². The van der Waals surface area contributed by atoms with Crippen LogP contribution >= 0.6 is 11.6 Å². The Morgan fingerprint density at radius 3 is 2.40 bits per heavy atom. The van der Waals surface area contributed by atoms with Crippen LogP contribution in [0, 0.1) is 19.7 Å². The van der Waals surface area contributed by atoms with Crippen molar-refractivity contribution in [3.8, 4) is 0 Å². The molecule has 0 N–H and O–H groups in total. The molecule has 10 heavy (non-hydrogen) atoms. The quantitative estimate of drug-likeness (QED) is 0.544. The van der Waals surface area contributed by atoms with E-state index < -0.39 is 0 Å². The molecule has 0 amide bonds. The van der Waals surface area contributed by atoms with Crippen LogP contribution in [-0.4, -0.2) is 0 Å². The summed E-state index contributed by atoms with van der Waals surface area (Å²) in [5.74, 6) is -0.343. The Labute approximate surface area is 64.6 Å². The first-order valence-corrected chi connectivity index (χ1v) is 3.42. The van der Waals surface area contributed by atoms with Gasteiger partial charge in [0.05, 0.1) is 5.02 Å². The molecule has 1 rings (SSSR count). The van der Waals surface area contributed by atoms with E-state index in [1.54, 1.807) is 13.0 Å². The summed E-state index contributed by atoms with van der Waals surface area (Å²) in [6.07, 6.45) is 0. The summed E-state index contributed by atoms with van der Waals surface area (Å²) >= 11 is 5.61. The van der Waals surface area contributed by atoms with Crippen LogP contribution in [0.5, 0.6) is 0 Å². The van der Waals surface area contributed by atoms with Gasteiger partial charge in [0, 0.05) is 0 Å². The van der Waals surface area contributed by atoms with Crippen molar-refractivity contribution in [3.05, 3.63) is 34.1 Å². The molecule has 0 aliphatic rings. The fourth-order valence-electron chi connectivity index (χ4n) is 0.749. The van der Waals surface area contributed by atoms with Crippen molar-refractivity contribution in [2.45, 2.75) is 13.8 Å². The summed E-state index contributed by atoms with van der Waals surface area (Å²) in [5, 5.41) is 0.236. The average Bonchev–Trinajstić information content (AvgIpc) is 1.93. The van der Waals surface area contributed by atoms with Crippen LogP contribution in [-0.2, 0) is 0 Å². The van der Waals surface area contributed by atoms with Crippen molar-refractivity contribution in [1.82, 2.24) is 0 Å². The van der Waals surface area contributed by atoms with E-state index >= 15 is 0 Å². The van der Waals surface area contributed by atoms with Gasteiger partial charge in [0.2, 0.25) is 0 Å². The zero-order valence-corrected chi connectivity index (χ0v) is 6.67.